The molecule has 12 rings (SSSR count). The Balaban J connectivity index is 0.722. The van der Waals surface area contributed by atoms with Crippen LogP contribution in [-0.4, -0.2) is 39.9 Å². The Kier molecular flexibility index (Phi) is 11.4. The SMILES string of the molecule is C(#Cc1ccc(-c2ccc(C#Cc3ccc4ccc5c(C#Cc6ccc(-c7ccc(C#Cc8ccc(-c9ccccn9)nc8)cn7)nc6)ccc6ccc3c4c65)cn2)nc1)c1ccc(-c2ccccn2)nc1. The number of hydrogen-bond acceptors (Lipinski definition) is 8. The highest BCUT2D eigenvalue weighted by atomic mass is 14.8. The first-order chi connectivity index (χ1) is 35.6. The van der Waals surface area contributed by atoms with Gasteiger partial charge in [0.05, 0.1) is 45.6 Å². The van der Waals surface area contributed by atoms with Crippen LogP contribution in [0, 0.1) is 47.4 Å². The molecule has 8 nitrogen and oxygen atoms in total. The standard InChI is InChI=1S/C64H34N8/c1-3-35-65-55(5-1)57-29-13-43(37-67-57)7-9-45-15-31-59(69-39-45)61-33-17-47(41-71-61)11-19-49-21-23-51-26-28-54-50(22-24-52-25-27-53(49)63(51)64(52)54)20-12-48-18-34-62(72-42-48)60-32-16-46(40-70-60)10-8-44-14-30-58(68-38-44)56-6-2-4-36-66-56/h1-6,13-18,21-42H. The summed E-state index contributed by atoms with van der Waals surface area (Å²) in [6.45, 7) is 0. The van der Waals surface area contributed by atoms with E-state index in [1.165, 1.54) is 10.8 Å². The summed E-state index contributed by atoms with van der Waals surface area (Å²) in [5, 5.41) is 6.83. The largest absolute Gasteiger partial charge is 0.255 e. The number of hydrogen-bond donors (Lipinski definition) is 0. The fourth-order valence-corrected chi connectivity index (χ4v) is 8.33. The van der Waals surface area contributed by atoms with Crippen LogP contribution < -0.4 is 0 Å². The van der Waals surface area contributed by atoms with E-state index in [-0.39, 0.29) is 0 Å². The summed E-state index contributed by atoms with van der Waals surface area (Å²) in [7, 11) is 0. The first-order valence-corrected chi connectivity index (χ1v) is 23.0. The second-order valence-electron chi connectivity index (χ2n) is 16.7. The van der Waals surface area contributed by atoms with Gasteiger partial charge >= 0.3 is 0 Å². The van der Waals surface area contributed by atoms with Crippen LogP contribution in [-0.2, 0) is 0 Å². The lowest BCUT2D eigenvalue weighted by atomic mass is 9.90. The summed E-state index contributed by atoms with van der Waals surface area (Å²) in [4.78, 5) is 36.4. The third-order valence-electron chi connectivity index (χ3n) is 12.0. The summed E-state index contributed by atoms with van der Waals surface area (Å²) in [5.41, 5.74) is 13.0. The molecule has 4 aromatic carbocycles. The molecule has 0 unspecified atom stereocenters. The van der Waals surface area contributed by atoms with E-state index >= 15 is 0 Å². The monoisotopic (exact) mass is 914 g/mol. The van der Waals surface area contributed by atoms with Crippen molar-refractivity contribution in [3.8, 4) is 92.9 Å². The molecule has 0 atom stereocenters. The number of benzene rings is 4. The zero-order valence-electron chi connectivity index (χ0n) is 38.2. The lowest BCUT2D eigenvalue weighted by Crippen LogP contribution is -1.90. The van der Waals surface area contributed by atoms with Crippen molar-refractivity contribution in [2.45, 2.75) is 0 Å². The van der Waals surface area contributed by atoms with E-state index in [1.807, 2.05) is 109 Å². The topological polar surface area (TPSA) is 103 Å². The second kappa shape index (κ2) is 19.2. The predicted molar refractivity (Wildman–Crippen MR) is 284 cm³/mol. The van der Waals surface area contributed by atoms with E-state index in [1.54, 1.807) is 49.6 Å². The minimum Gasteiger partial charge on any atom is -0.255 e. The summed E-state index contributed by atoms with van der Waals surface area (Å²) in [6.07, 6.45) is 14.1. The Morgan fingerprint density at radius 3 is 0.764 bits per heavy atom. The summed E-state index contributed by atoms with van der Waals surface area (Å²) >= 11 is 0. The molecule has 0 aliphatic rings. The quantitative estimate of drug-likeness (QED) is 0.127. The van der Waals surface area contributed by atoms with Gasteiger partial charge < -0.3 is 0 Å². The average molecular weight is 915 g/mol. The van der Waals surface area contributed by atoms with Crippen molar-refractivity contribution < 1.29 is 0 Å². The Labute approximate surface area is 415 Å². The van der Waals surface area contributed by atoms with E-state index in [0.717, 1.165) is 112 Å². The van der Waals surface area contributed by atoms with Crippen LogP contribution in [0.1, 0.15) is 44.5 Å². The molecule has 0 N–H and O–H groups in total. The molecule has 0 saturated heterocycles. The van der Waals surface area contributed by atoms with Crippen LogP contribution in [0.4, 0.5) is 0 Å². The molecular weight excluding hydrogens is 881 g/mol. The van der Waals surface area contributed by atoms with Gasteiger partial charge in [-0.1, -0.05) is 95.9 Å². The van der Waals surface area contributed by atoms with Gasteiger partial charge in [0.1, 0.15) is 0 Å². The van der Waals surface area contributed by atoms with Crippen molar-refractivity contribution in [2.75, 3.05) is 0 Å². The van der Waals surface area contributed by atoms with Crippen LogP contribution >= 0.6 is 0 Å². The first kappa shape index (κ1) is 42.7. The third-order valence-corrected chi connectivity index (χ3v) is 12.0. The molecule has 0 aliphatic heterocycles. The van der Waals surface area contributed by atoms with Gasteiger partial charge in [-0.3, -0.25) is 39.9 Å². The van der Waals surface area contributed by atoms with Gasteiger partial charge in [-0.05, 0) is 142 Å². The molecule has 0 amide bonds. The summed E-state index contributed by atoms with van der Waals surface area (Å²) in [6, 6.07) is 52.0. The highest BCUT2D eigenvalue weighted by molar-refractivity contribution is 6.24. The van der Waals surface area contributed by atoms with Gasteiger partial charge in [-0.25, -0.2) is 0 Å². The van der Waals surface area contributed by atoms with Crippen LogP contribution in [0.5, 0.6) is 0 Å². The molecule has 0 aliphatic carbocycles. The molecule has 8 heterocycles. The smallest absolute Gasteiger partial charge is 0.0887 e. The predicted octanol–water partition coefficient (Wildman–Crippen LogP) is 12.0. The molecule has 0 fully saturated rings. The number of aromatic nitrogens is 8. The highest BCUT2D eigenvalue weighted by Crippen LogP contribution is 2.37. The van der Waals surface area contributed by atoms with Gasteiger partial charge in [0, 0.05) is 94.1 Å². The number of pyridine rings is 8. The van der Waals surface area contributed by atoms with E-state index in [9.17, 15) is 0 Å². The van der Waals surface area contributed by atoms with Crippen molar-refractivity contribution in [3.05, 3.63) is 252 Å². The molecule has 12 aromatic rings. The zero-order valence-corrected chi connectivity index (χ0v) is 38.2. The summed E-state index contributed by atoms with van der Waals surface area (Å²) in [5.74, 6) is 26.3. The Bertz CT molecular complexity index is 3930. The summed E-state index contributed by atoms with van der Waals surface area (Å²) < 4.78 is 0. The maximum Gasteiger partial charge on any atom is 0.0887 e. The van der Waals surface area contributed by atoms with E-state index in [0.29, 0.717) is 0 Å². The fraction of sp³-hybridized carbons (Fsp3) is 0. The van der Waals surface area contributed by atoms with Crippen molar-refractivity contribution >= 4 is 32.3 Å². The normalized spacial score (nSPS) is 10.6. The zero-order chi connectivity index (χ0) is 48.1. The lowest BCUT2D eigenvalue weighted by molar-refractivity contribution is 1.23. The van der Waals surface area contributed by atoms with Crippen molar-refractivity contribution in [3.63, 3.8) is 0 Å². The number of nitrogens with zero attached hydrogens (tertiary/aromatic N) is 8. The molecule has 8 aromatic heterocycles. The van der Waals surface area contributed by atoms with Crippen molar-refractivity contribution in [2.24, 2.45) is 0 Å². The van der Waals surface area contributed by atoms with E-state index in [2.05, 4.69) is 126 Å². The Morgan fingerprint density at radius 2 is 0.500 bits per heavy atom. The molecule has 0 radical (unpaired) electrons. The Morgan fingerprint density at radius 1 is 0.222 bits per heavy atom. The van der Waals surface area contributed by atoms with E-state index in [4.69, 9.17) is 9.97 Å². The van der Waals surface area contributed by atoms with Crippen LogP contribution in [0.2, 0.25) is 0 Å². The minimum absolute atomic E-state index is 0.754. The number of rotatable bonds is 4. The molecule has 0 bridgehead atoms. The van der Waals surface area contributed by atoms with Gasteiger partial charge in [0.2, 0.25) is 0 Å². The van der Waals surface area contributed by atoms with Crippen molar-refractivity contribution in [1.82, 2.24) is 39.9 Å². The Hall–Kier alpha value is -10.6. The van der Waals surface area contributed by atoms with Gasteiger partial charge in [-0.2, -0.15) is 0 Å². The molecule has 0 spiro atoms. The van der Waals surface area contributed by atoms with E-state index < -0.39 is 0 Å². The van der Waals surface area contributed by atoms with Crippen LogP contribution in [0.3, 0.4) is 0 Å². The highest BCUT2D eigenvalue weighted by Gasteiger charge is 2.13. The van der Waals surface area contributed by atoms with Gasteiger partial charge in [-0.15, -0.1) is 0 Å². The van der Waals surface area contributed by atoms with Gasteiger partial charge in [0.25, 0.3) is 0 Å². The maximum absolute atomic E-state index is 4.70. The van der Waals surface area contributed by atoms with Gasteiger partial charge in [0.15, 0.2) is 0 Å². The van der Waals surface area contributed by atoms with Crippen molar-refractivity contribution in [1.29, 1.82) is 0 Å². The lowest BCUT2D eigenvalue weighted by Gasteiger charge is -2.13. The second-order valence-corrected chi connectivity index (χ2v) is 16.7. The first-order valence-electron chi connectivity index (χ1n) is 23.0. The molecule has 8 heteroatoms. The maximum atomic E-state index is 4.70. The molecular formula is C64H34N8. The van der Waals surface area contributed by atoms with Crippen LogP contribution in [0.25, 0.3) is 77.9 Å². The molecule has 330 valence electrons. The average Bonchev–Trinajstić information content (AvgIpc) is 3.46. The minimum atomic E-state index is 0.754. The fourth-order valence-electron chi connectivity index (χ4n) is 8.33. The third kappa shape index (κ3) is 9.06. The molecule has 0 saturated carbocycles. The molecule has 72 heavy (non-hydrogen) atoms. The van der Waals surface area contributed by atoms with Crippen LogP contribution in [0.15, 0.2) is 207 Å².